The molecule has 0 saturated heterocycles. The summed E-state index contributed by atoms with van der Waals surface area (Å²) in [6, 6.07) is 16.9. The molecular weight excluding hydrogens is 423 g/mol. The summed E-state index contributed by atoms with van der Waals surface area (Å²) < 4.78 is 1.64. The van der Waals surface area contributed by atoms with Gasteiger partial charge < -0.3 is 15.6 Å². The quantitative estimate of drug-likeness (QED) is 0.280. The van der Waals surface area contributed by atoms with Gasteiger partial charge in [-0.15, -0.1) is 0 Å². The second-order valence-corrected chi connectivity index (χ2v) is 7.71. The zero-order valence-corrected chi connectivity index (χ0v) is 17.7. The summed E-state index contributed by atoms with van der Waals surface area (Å²) in [5.41, 5.74) is 4.10. The number of carbonyl (C=O) groups is 1. The van der Waals surface area contributed by atoms with Crippen LogP contribution in [0.15, 0.2) is 67.0 Å². The molecule has 0 bridgehead atoms. The number of anilines is 1. The molecule has 9 heteroatoms. The van der Waals surface area contributed by atoms with Gasteiger partial charge in [-0.05, 0) is 35.8 Å². The van der Waals surface area contributed by atoms with Crippen molar-refractivity contribution in [3.05, 3.63) is 77.6 Å². The summed E-state index contributed by atoms with van der Waals surface area (Å²) in [4.78, 5) is 20.2. The maximum Gasteiger partial charge on any atom is 0.251 e. The minimum absolute atomic E-state index is 0.130. The molecule has 3 aromatic heterocycles. The Morgan fingerprint density at radius 1 is 1.12 bits per heavy atom. The van der Waals surface area contributed by atoms with E-state index in [2.05, 4.69) is 25.7 Å². The smallest absolute Gasteiger partial charge is 0.251 e. The van der Waals surface area contributed by atoms with Crippen molar-refractivity contribution in [2.45, 2.75) is 0 Å². The summed E-state index contributed by atoms with van der Waals surface area (Å²) in [6.45, 7) is 0.908. The van der Waals surface area contributed by atoms with Gasteiger partial charge in [-0.1, -0.05) is 29.8 Å². The van der Waals surface area contributed by atoms with Crippen LogP contribution in [-0.4, -0.2) is 46.4 Å². The van der Waals surface area contributed by atoms with Gasteiger partial charge in [0.2, 0.25) is 0 Å². The molecule has 2 radical (unpaired) electrons. The van der Waals surface area contributed by atoms with Gasteiger partial charge in [0.1, 0.15) is 13.7 Å². The first kappa shape index (κ1) is 20.1. The predicted octanol–water partition coefficient (Wildman–Crippen LogP) is 3.17. The highest BCUT2D eigenvalue weighted by molar-refractivity contribution is 6.36. The molecule has 7 nitrogen and oxygen atoms in total. The Labute approximate surface area is 190 Å². The normalized spacial score (nSPS) is 11.2. The second-order valence-electron chi connectivity index (χ2n) is 7.30. The first-order valence-electron chi connectivity index (χ1n) is 10.1. The molecule has 0 spiro atoms. The van der Waals surface area contributed by atoms with Gasteiger partial charge in [0, 0.05) is 58.6 Å². The lowest BCUT2D eigenvalue weighted by atomic mass is 10.0. The first-order valence-corrected chi connectivity index (χ1v) is 10.5. The molecule has 5 aromatic rings. The van der Waals surface area contributed by atoms with Gasteiger partial charge in [0.15, 0.2) is 5.65 Å². The number of hydrogen-bond donors (Lipinski definition) is 3. The molecule has 3 N–H and O–H groups in total. The van der Waals surface area contributed by atoms with Gasteiger partial charge in [-0.25, -0.2) is 4.98 Å². The lowest BCUT2D eigenvalue weighted by Gasteiger charge is -2.12. The van der Waals surface area contributed by atoms with Crippen molar-refractivity contribution >= 4 is 53.2 Å². The van der Waals surface area contributed by atoms with Gasteiger partial charge >= 0.3 is 0 Å². The Balaban J connectivity index is 1.31. The van der Waals surface area contributed by atoms with Gasteiger partial charge in [0.05, 0.1) is 5.69 Å². The van der Waals surface area contributed by atoms with Crippen LogP contribution in [0.4, 0.5) is 5.82 Å². The van der Waals surface area contributed by atoms with Crippen LogP contribution in [0.3, 0.4) is 0 Å². The number of aromatic amines is 1. The number of nitrogens with zero attached hydrogens (tertiary/aromatic N) is 3. The van der Waals surface area contributed by atoms with Crippen molar-refractivity contribution in [3.8, 4) is 11.3 Å². The molecule has 3 heterocycles. The van der Waals surface area contributed by atoms with Crippen molar-refractivity contribution in [2.24, 2.45) is 0 Å². The van der Waals surface area contributed by atoms with Gasteiger partial charge in [-0.3, -0.25) is 4.79 Å². The Kier molecular flexibility index (Phi) is 5.29. The fourth-order valence-electron chi connectivity index (χ4n) is 3.58. The van der Waals surface area contributed by atoms with Crippen LogP contribution in [0.5, 0.6) is 0 Å². The number of nitrogens with one attached hydrogen (secondary N) is 3. The number of benzene rings is 2. The number of fused-ring (bicyclic) bond motifs is 2. The van der Waals surface area contributed by atoms with Crippen molar-refractivity contribution in [1.82, 2.24) is 24.9 Å². The Morgan fingerprint density at radius 2 is 2.00 bits per heavy atom. The number of H-pyrrole nitrogens is 1. The highest BCUT2D eigenvalue weighted by atomic mass is 35.5. The third-order valence-corrected chi connectivity index (χ3v) is 5.51. The Hall–Kier alpha value is -3.78. The number of halogens is 1. The van der Waals surface area contributed by atoms with E-state index < -0.39 is 0 Å². The summed E-state index contributed by atoms with van der Waals surface area (Å²) in [5, 5.41) is 12.1. The van der Waals surface area contributed by atoms with Gasteiger partial charge in [0.25, 0.3) is 5.91 Å². The molecular formula is C23H18BClN6O. The summed E-state index contributed by atoms with van der Waals surface area (Å²) in [6.07, 6.45) is 3.41. The molecule has 0 aliphatic heterocycles. The van der Waals surface area contributed by atoms with E-state index >= 15 is 0 Å². The zero-order valence-electron chi connectivity index (χ0n) is 17.0. The lowest BCUT2D eigenvalue weighted by molar-refractivity contribution is 0.0955. The van der Waals surface area contributed by atoms with Crippen LogP contribution in [0.1, 0.15) is 10.4 Å². The van der Waals surface area contributed by atoms with E-state index in [0.29, 0.717) is 46.3 Å². The summed E-state index contributed by atoms with van der Waals surface area (Å²) in [5.74, 6) is 0.569. The molecule has 156 valence electrons. The molecule has 2 aromatic carbocycles. The van der Waals surface area contributed by atoms with Crippen molar-refractivity contribution in [1.29, 1.82) is 0 Å². The average molecular weight is 441 g/mol. The van der Waals surface area contributed by atoms with E-state index in [-0.39, 0.29) is 5.91 Å². The Bertz CT molecular complexity index is 1440. The maximum absolute atomic E-state index is 12.5. The predicted molar refractivity (Wildman–Crippen MR) is 128 cm³/mol. The molecule has 0 saturated carbocycles. The third-order valence-electron chi connectivity index (χ3n) is 5.18. The van der Waals surface area contributed by atoms with Gasteiger partial charge in [-0.2, -0.15) is 9.61 Å². The highest BCUT2D eigenvalue weighted by Crippen LogP contribution is 2.28. The number of hydrogen-bond acceptors (Lipinski definition) is 4. The van der Waals surface area contributed by atoms with Crippen molar-refractivity contribution in [3.63, 3.8) is 0 Å². The standard InChI is InChI=1S/C23H18BClN6O/c24-17-13-29-31-21(12-20(30-22(17)31)16-3-1-2-4-18(16)25)27-9-10-28-23(32)15-5-6-19-14(11-15)7-8-26-19/h1-8,11-13,26-27H,9-10H2,(H,28,32). The molecule has 0 atom stereocenters. The van der Waals surface area contributed by atoms with E-state index in [1.165, 1.54) is 0 Å². The molecule has 1 amide bonds. The molecule has 32 heavy (non-hydrogen) atoms. The van der Waals surface area contributed by atoms with Crippen LogP contribution in [0, 0.1) is 0 Å². The average Bonchev–Trinajstić information content (AvgIpc) is 3.43. The van der Waals surface area contributed by atoms with Crippen LogP contribution in [0.2, 0.25) is 5.02 Å². The van der Waals surface area contributed by atoms with E-state index in [0.717, 1.165) is 16.5 Å². The number of rotatable bonds is 6. The summed E-state index contributed by atoms with van der Waals surface area (Å²) in [7, 11) is 6.05. The van der Waals surface area contributed by atoms with Crippen LogP contribution >= 0.6 is 11.6 Å². The van der Waals surface area contributed by atoms with E-state index in [1.807, 2.05) is 54.7 Å². The molecule has 0 aliphatic carbocycles. The van der Waals surface area contributed by atoms with Crippen molar-refractivity contribution in [2.75, 3.05) is 18.4 Å². The van der Waals surface area contributed by atoms with E-state index in [1.54, 1.807) is 16.8 Å². The fourth-order valence-corrected chi connectivity index (χ4v) is 3.81. The first-order chi connectivity index (χ1) is 15.6. The second kappa shape index (κ2) is 8.40. The largest absolute Gasteiger partial charge is 0.368 e. The molecule has 0 fully saturated rings. The molecule has 0 unspecified atom stereocenters. The van der Waals surface area contributed by atoms with Crippen molar-refractivity contribution < 1.29 is 4.79 Å². The monoisotopic (exact) mass is 440 g/mol. The number of aromatic nitrogens is 4. The van der Waals surface area contributed by atoms with Crippen LogP contribution < -0.4 is 16.1 Å². The van der Waals surface area contributed by atoms with E-state index in [9.17, 15) is 4.79 Å². The topological polar surface area (TPSA) is 87.1 Å². The fraction of sp³-hybridized carbons (Fsp3) is 0.0870. The zero-order chi connectivity index (χ0) is 22.1. The lowest BCUT2D eigenvalue weighted by Crippen LogP contribution is -2.29. The number of amides is 1. The number of carbonyl (C=O) groups excluding carboxylic acids is 1. The SMILES string of the molecule is [B]c1cnn2c(NCCNC(=O)c3ccc4[nH]ccc4c3)cc(-c3ccccc3Cl)nc12. The van der Waals surface area contributed by atoms with Crippen LogP contribution in [-0.2, 0) is 0 Å². The summed E-state index contributed by atoms with van der Waals surface area (Å²) >= 11 is 6.36. The Morgan fingerprint density at radius 3 is 2.88 bits per heavy atom. The third kappa shape index (κ3) is 3.80. The van der Waals surface area contributed by atoms with Crippen LogP contribution in [0.25, 0.3) is 27.8 Å². The minimum Gasteiger partial charge on any atom is -0.368 e. The maximum atomic E-state index is 12.5. The minimum atomic E-state index is -0.130. The molecule has 5 rings (SSSR count). The van der Waals surface area contributed by atoms with E-state index in [4.69, 9.17) is 19.4 Å². The molecule has 0 aliphatic rings. The highest BCUT2D eigenvalue weighted by Gasteiger charge is 2.12.